The highest BCUT2D eigenvalue weighted by molar-refractivity contribution is 5.78. The van der Waals surface area contributed by atoms with Gasteiger partial charge in [0, 0.05) is 12.0 Å². The van der Waals surface area contributed by atoms with Gasteiger partial charge in [0.15, 0.2) is 6.61 Å². The molecule has 0 saturated heterocycles. The molecule has 1 atom stereocenters. The molecule has 2 aromatic rings. The Labute approximate surface area is 168 Å². The second-order valence-corrected chi connectivity index (χ2v) is 7.87. The standard InChI is InChI=1S/C24H31NO3/c1-5-24(6-2)15-21(20-9-7-8-10-22(20)28-24)25-23(26)16-27-19-13-11-18(12-14-19)17(3)4/h7-14,17,21H,5-6,15-16H2,1-4H3,(H,25,26)/t21-/m0/s1. The average molecular weight is 382 g/mol. The summed E-state index contributed by atoms with van der Waals surface area (Å²) in [6.45, 7) is 8.59. The molecule has 3 rings (SSSR count). The first-order valence-corrected chi connectivity index (χ1v) is 10.3. The van der Waals surface area contributed by atoms with Crippen LogP contribution in [0, 0.1) is 0 Å². The van der Waals surface area contributed by atoms with E-state index in [-0.39, 0.29) is 24.2 Å². The fourth-order valence-electron chi connectivity index (χ4n) is 3.76. The second-order valence-electron chi connectivity index (χ2n) is 7.87. The van der Waals surface area contributed by atoms with Gasteiger partial charge in [0.05, 0.1) is 6.04 Å². The summed E-state index contributed by atoms with van der Waals surface area (Å²) >= 11 is 0. The summed E-state index contributed by atoms with van der Waals surface area (Å²) in [7, 11) is 0. The molecule has 0 aliphatic carbocycles. The largest absolute Gasteiger partial charge is 0.487 e. The first kappa shape index (κ1) is 20.2. The van der Waals surface area contributed by atoms with Crippen molar-refractivity contribution in [3.8, 4) is 11.5 Å². The Morgan fingerprint density at radius 2 is 1.82 bits per heavy atom. The lowest BCUT2D eigenvalue weighted by atomic mass is 9.83. The molecule has 0 aromatic heterocycles. The van der Waals surface area contributed by atoms with Crippen molar-refractivity contribution in [1.29, 1.82) is 0 Å². The number of rotatable bonds is 7. The fraction of sp³-hybridized carbons (Fsp3) is 0.458. The number of hydrogen-bond donors (Lipinski definition) is 1. The van der Waals surface area contributed by atoms with Gasteiger partial charge in [-0.3, -0.25) is 4.79 Å². The number of nitrogens with one attached hydrogen (secondary N) is 1. The van der Waals surface area contributed by atoms with Gasteiger partial charge >= 0.3 is 0 Å². The number of carbonyl (C=O) groups excluding carboxylic acids is 1. The summed E-state index contributed by atoms with van der Waals surface area (Å²) in [5.74, 6) is 1.94. The maximum atomic E-state index is 12.6. The van der Waals surface area contributed by atoms with Crippen LogP contribution < -0.4 is 14.8 Å². The molecule has 0 radical (unpaired) electrons. The number of para-hydroxylation sites is 1. The lowest BCUT2D eigenvalue weighted by molar-refractivity contribution is -0.124. The van der Waals surface area contributed by atoms with Crippen molar-refractivity contribution in [1.82, 2.24) is 5.32 Å². The summed E-state index contributed by atoms with van der Waals surface area (Å²) in [6, 6.07) is 15.8. The van der Waals surface area contributed by atoms with Gasteiger partial charge in [-0.2, -0.15) is 0 Å². The zero-order valence-corrected chi connectivity index (χ0v) is 17.3. The zero-order chi connectivity index (χ0) is 20.1. The Hall–Kier alpha value is -2.49. The molecule has 4 heteroatoms. The quantitative estimate of drug-likeness (QED) is 0.700. The van der Waals surface area contributed by atoms with Gasteiger partial charge in [0.25, 0.3) is 5.91 Å². The minimum Gasteiger partial charge on any atom is -0.487 e. The highest BCUT2D eigenvalue weighted by atomic mass is 16.5. The van der Waals surface area contributed by atoms with Crippen LogP contribution in [0.1, 0.15) is 70.0 Å². The van der Waals surface area contributed by atoms with Crippen molar-refractivity contribution in [3.05, 3.63) is 59.7 Å². The molecule has 1 aliphatic heterocycles. The highest BCUT2D eigenvalue weighted by Gasteiger charge is 2.38. The van der Waals surface area contributed by atoms with Crippen molar-refractivity contribution >= 4 is 5.91 Å². The van der Waals surface area contributed by atoms with Crippen LogP contribution in [-0.4, -0.2) is 18.1 Å². The lowest BCUT2D eigenvalue weighted by Crippen LogP contribution is -2.45. The van der Waals surface area contributed by atoms with Crippen LogP contribution in [0.5, 0.6) is 11.5 Å². The second kappa shape index (κ2) is 8.68. The number of ether oxygens (including phenoxy) is 2. The van der Waals surface area contributed by atoms with Gasteiger partial charge in [-0.05, 0) is 42.5 Å². The molecule has 0 saturated carbocycles. The minimum atomic E-state index is -0.236. The van der Waals surface area contributed by atoms with Crippen LogP contribution in [0.3, 0.4) is 0 Å². The third kappa shape index (κ3) is 4.49. The molecule has 1 N–H and O–H groups in total. The molecule has 0 fully saturated rings. The summed E-state index contributed by atoms with van der Waals surface area (Å²) in [6.07, 6.45) is 2.58. The molecule has 0 spiro atoms. The maximum absolute atomic E-state index is 12.6. The smallest absolute Gasteiger partial charge is 0.258 e. The van der Waals surface area contributed by atoms with E-state index in [1.165, 1.54) is 5.56 Å². The van der Waals surface area contributed by atoms with Crippen LogP contribution in [-0.2, 0) is 4.79 Å². The van der Waals surface area contributed by atoms with Gasteiger partial charge in [-0.25, -0.2) is 0 Å². The van der Waals surface area contributed by atoms with Crippen molar-refractivity contribution in [2.75, 3.05) is 6.61 Å². The Morgan fingerprint density at radius 3 is 2.46 bits per heavy atom. The van der Waals surface area contributed by atoms with E-state index < -0.39 is 0 Å². The molecular formula is C24H31NO3. The predicted octanol–water partition coefficient (Wildman–Crippen LogP) is 5.39. The van der Waals surface area contributed by atoms with Crippen molar-refractivity contribution in [2.24, 2.45) is 0 Å². The van der Waals surface area contributed by atoms with Gasteiger partial charge < -0.3 is 14.8 Å². The van der Waals surface area contributed by atoms with E-state index >= 15 is 0 Å². The first-order valence-electron chi connectivity index (χ1n) is 10.3. The molecule has 150 valence electrons. The maximum Gasteiger partial charge on any atom is 0.258 e. The molecule has 0 unspecified atom stereocenters. The molecule has 1 amide bonds. The lowest BCUT2D eigenvalue weighted by Gasteiger charge is -2.41. The van der Waals surface area contributed by atoms with Crippen LogP contribution in [0.2, 0.25) is 0 Å². The average Bonchev–Trinajstić information content (AvgIpc) is 2.72. The van der Waals surface area contributed by atoms with Gasteiger partial charge in [0.2, 0.25) is 0 Å². The summed E-state index contributed by atoms with van der Waals surface area (Å²) in [4.78, 5) is 12.6. The normalized spacial score (nSPS) is 17.5. The van der Waals surface area contributed by atoms with Crippen molar-refractivity contribution in [2.45, 2.75) is 64.5 Å². The predicted molar refractivity (Wildman–Crippen MR) is 112 cm³/mol. The Balaban J connectivity index is 1.65. The molecule has 0 bridgehead atoms. The van der Waals surface area contributed by atoms with E-state index in [2.05, 4.69) is 33.0 Å². The third-order valence-corrected chi connectivity index (χ3v) is 5.74. The van der Waals surface area contributed by atoms with Gasteiger partial charge in [0.1, 0.15) is 17.1 Å². The minimum absolute atomic E-state index is 0.00575. The van der Waals surface area contributed by atoms with Crippen LogP contribution in [0.15, 0.2) is 48.5 Å². The summed E-state index contributed by atoms with van der Waals surface area (Å²) in [5, 5.41) is 3.15. The summed E-state index contributed by atoms with van der Waals surface area (Å²) in [5.41, 5.74) is 2.06. The molecule has 4 nitrogen and oxygen atoms in total. The van der Waals surface area contributed by atoms with Gasteiger partial charge in [-0.15, -0.1) is 0 Å². The Kier molecular flexibility index (Phi) is 6.28. The monoisotopic (exact) mass is 381 g/mol. The highest BCUT2D eigenvalue weighted by Crippen LogP contribution is 2.42. The number of fused-ring (bicyclic) bond motifs is 1. The van der Waals surface area contributed by atoms with E-state index in [1.807, 2.05) is 48.5 Å². The summed E-state index contributed by atoms with van der Waals surface area (Å²) < 4.78 is 12.0. The zero-order valence-electron chi connectivity index (χ0n) is 17.3. The van der Waals surface area contributed by atoms with E-state index in [1.54, 1.807) is 0 Å². The SMILES string of the molecule is CCC1(CC)C[C@H](NC(=O)COc2ccc(C(C)C)cc2)c2ccccc2O1. The Morgan fingerprint density at radius 1 is 1.14 bits per heavy atom. The fourth-order valence-corrected chi connectivity index (χ4v) is 3.76. The topological polar surface area (TPSA) is 47.6 Å². The van der Waals surface area contributed by atoms with Gasteiger partial charge in [-0.1, -0.05) is 58.0 Å². The first-order chi connectivity index (χ1) is 13.5. The van der Waals surface area contributed by atoms with E-state index in [9.17, 15) is 4.79 Å². The van der Waals surface area contributed by atoms with E-state index in [4.69, 9.17) is 9.47 Å². The number of amides is 1. The van der Waals surface area contributed by atoms with Crippen LogP contribution in [0.25, 0.3) is 0 Å². The number of hydrogen-bond acceptors (Lipinski definition) is 3. The Bertz CT molecular complexity index is 794. The third-order valence-electron chi connectivity index (χ3n) is 5.74. The number of carbonyl (C=O) groups is 1. The molecule has 1 aliphatic rings. The molecule has 1 heterocycles. The molecule has 28 heavy (non-hydrogen) atoms. The van der Waals surface area contributed by atoms with Crippen molar-refractivity contribution < 1.29 is 14.3 Å². The number of benzene rings is 2. The van der Waals surface area contributed by atoms with E-state index in [0.717, 1.165) is 30.6 Å². The molecular weight excluding hydrogens is 350 g/mol. The molecule has 2 aromatic carbocycles. The van der Waals surface area contributed by atoms with E-state index in [0.29, 0.717) is 11.7 Å². The van der Waals surface area contributed by atoms with Crippen LogP contribution >= 0.6 is 0 Å². The van der Waals surface area contributed by atoms with Crippen LogP contribution in [0.4, 0.5) is 0 Å². The van der Waals surface area contributed by atoms with Crippen molar-refractivity contribution in [3.63, 3.8) is 0 Å².